The number of unbranched alkanes of at least 4 members (excludes halogenated alkanes) is 10. The summed E-state index contributed by atoms with van der Waals surface area (Å²) in [5, 5.41) is 40.4. The van der Waals surface area contributed by atoms with Gasteiger partial charge >= 0.3 is 5.97 Å². The molecule has 2 aliphatic heterocycles. The van der Waals surface area contributed by atoms with Crippen molar-refractivity contribution in [3.63, 3.8) is 0 Å². The molecule has 9 atom stereocenters. The van der Waals surface area contributed by atoms with E-state index in [9.17, 15) is 25.2 Å². The van der Waals surface area contributed by atoms with Gasteiger partial charge in [0.2, 0.25) is 5.79 Å². The molecule has 2 heterocycles. The van der Waals surface area contributed by atoms with Gasteiger partial charge in [0.1, 0.15) is 43.2 Å². The van der Waals surface area contributed by atoms with Crippen molar-refractivity contribution in [3.05, 3.63) is 0 Å². The van der Waals surface area contributed by atoms with Crippen molar-refractivity contribution in [2.45, 2.75) is 138 Å². The Morgan fingerprint density at radius 3 is 1.95 bits per heavy atom. The third kappa shape index (κ3) is 9.86. The lowest BCUT2D eigenvalue weighted by Crippen LogP contribution is -2.61. The van der Waals surface area contributed by atoms with Crippen LogP contribution < -0.4 is 0 Å². The van der Waals surface area contributed by atoms with Gasteiger partial charge in [-0.1, -0.05) is 71.1 Å². The van der Waals surface area contributed by atoms with Gasteiger partial charge in [0.05, 0.1) is 17.1 Å². The van der Waals surface area contributed by atoms with E-state index in [-0.39, 0.29) is 18.9 Å². The Labute approximate surface area is 241 Å². The fourth-order valence-corrected chi connectivity index (χ4v) is 5.54. The van der Waals surface area contributed by atoms with Crippen molar-refractivity contribution in [2.75, 3.05) is 18.4 Å². The highest BCUT2D eigenvalue weighted by Gasteiger charge is 2.58. The Bertz CT molecular complexity index is 676. The first kappa shape index (κ1) is 34.3. The average molecular weight is 608 g/mol. The van der Waals surface area contributed by atoms with E-state index in [1.807, 2.05) is 0 Å². The normalized spacial score (nSPS) is 35.5. The van der Waals surface area contributed by atoms with E-state index in [1.165, 1.54) is 51.4 Å². The molecule has 0 bridgehead atoms. The number of aliphatic hydroxyl groups excluding tert-OH is 4. The maximum absolute atomic E-state index is 12.2. The van der Waals surface area contributed by atoms with Crippen molar-refractivity contribution >= 4 is 40.8 Å². The van der Waals surface area contributed by atoms with E-state index >= 15 is 0 Å². The molecule has 12 heteroatoms. The molecule has 0 saturated carbocycles. The van der Waals surface area contributed by atoms with Crippen LogP contribution >= 0.6 is 34.8 Å². The van der Waals surface area contributed by atoms with Crippen LogP contribution in [0.2, 0.25) is 0 Å². The van der Waals surface area contributed by atoms with Crippen LogP contribution in [0.4, 0.5) is 0 Å². The summed E-state index contributed by atoms with van der Waals surface area (Å²) in [6.45, 7) is 1.95. The Morgan fingerprint density at radius 2 is 1.42 bits per heavy atom. The molecule has 0 spiro atoms. The summed E-state index contributed by atoms with van der Waals surface area (Å²) in [4.78, 5) is 12.2. The van der Waals surface area contributed by atoms with Crippen LogP contribution in [0.25, 0.3) is 0 Å². The van der Waals surface area contributed by atoms with Gasteiger partial charge < -0.3 is 39.4 Å². The van der Waals surface area contributed by atoms with Gasteiger partial charge in [-0.15, -0.1) is 34.8 Å². The van der Waals surface area contributed by atoms with E-state index in [0.29, 0.717) is 0 Å². The minimum atomic E-state index is -1.94. The molecular weight excluding hydrogens is 563 g/mol. The van der Waals surface area contributed by atoms with Crippen LogP contribution in [0.15, 0.2) is 0 Å². The molecule has 1 unspecified atom stereocenters. The summed E-state index contributed by atoms with van der Waals surface area (Å²) < 4.78 is 22.2. The number of carbonyl (C=O) groups is 1. The van der Waals surface area contributed by atoms with Crippen LogP contribution in [0.5, 0.6) is 0 Å². The second-order valence-electron chi connectivity index (χ2n) is 10.2. The molecule has 224 valence electrons. The monoisotopic (exact) mass is 606 g/mol. The molecule has 2 fully saturated rings. The van der Waals surface area contributed by atoms with Gasteiger partial charge in [0, 0.05) is 6.42 Å². The molecular formula is C26H45Cl3O9. The topological polar surface area (TPSA) is 135 Å². The number of hydrogen-bond acceptors (Lipinski definition) is 9. The Hall–Kier alpha value is 0.0600. The van der Waals surface area contributed by atoms with E-state index < -0.39 is 65.9 Å². The molecule has 0 amide bonds. The fraction of sp³-hybridized carbons (Fsp3) is 0.962. The van der Waals surface area contributed by atoms with Crippen molar-refractivity contribution in [3.8, 4) is 0 Å². The van der Waals surface area contributed by atoms with Gasteiger partial charge in [0.15, 0.2) is 6.29 Å². The molecule has 0 aromatic carbocycles. The molecule has 0 aliphatic carbocycles. The summed E-state index contributed by atoms with van der Waals surface area (Å²) in [6.07, 6.45) is 3.57. The number of halogens is 3. The van der Waals surface area contributed by atoms with Crippen molar-refractivity contribution < 1.29 is 44.2 Å². The fourth-order valence-electron chi connectivity index (χ4n) is 4.72. The van der Waals surface area contributed by atoms with E-state index in [1.54, 1.807) is 0 Å². The van der Waals surface area contributed by atoms with Gasteiger partial charge in [0.25, 0.3) is 0 Å². The van der Waals surface area contributed by atoms with Gasteiger partial charge in [-0.2, -0.15) is 0 Å². The molecule has 0 aromatic rings. The predicted molar refractivity (Wildman–Crippen MR) is 144 cm³/mol. The standard InChI is InChI=1S/C26H45Cl3O9/c1-2-3-4-5-6-7-8-9-10-11-12-13-19(30)35-15-18-20(29)22(32)23(33)25(36-18)38-26(16-28)24(34)21(31)17(14-27)37-26/h17-18,20-25,31-34H,2-16H2,1H3/t17-,18-,20+,21-,22+,23-,24+,25-,26?/m1/s1. The average Bonchev–Trinajstić information content (AvgIpc) is 3.16. The second-order valence-corrected chi connectivity index (χ2v) is 11.3. The first-order valence-electron chi connectivity index (χ1n) is 13.9. The van der Waals surface area contributed by atoms with Crippen LogP contribution in [-0.4, -0.2) is 98.8 Å². The quantitative estimate of drug-likeness (QED) is 0.105. The molecule has 38 heavy (non-hydrogen) atoms. The highest BCUT2D eigenvalue weighted by Crippen LogP contribution is 2.38. The minimum Gasteiger partial charge on any atom is -0.463 e. The zero-order chi connectivity index (χ0) is 28.1. The third-order valence-electron chi connectivity index (χ3n) is 7.17. The smallest absolute Gasteiger partial charge is 0.305 e. The van der Waals surface area contributed by atoms with Crippen LogP contribution in [0, 0.1) is 0 Å². The van der Waals surface area contributed by atoms with Crippen LogP contribution in [0.3, 0.4) is 0 Å². The third-order valence-corrected chi connectivity index (χ3v) is 8.39. The van der Waals surface area contributed by atoms with Crippen molar-refractivity contribution in [2.24, 2.45) is 0 Å². The molecule has 9 nitrogen and oxygen atoms in total. The Balaban J connectivity index is 1.73. The van der Waals surface area contributed by atoms with Crippen LogP contribution in [-0.2, 0) is 23.7 Å². The Morgan fingerprint density at radius 1 is 0.842 bits per heavy atom. The maximum Gasteiger partial charge on any atom is 0.305 e. The SMILES string of the molecule is CCCCCCCCCCCCCC(=O)OC[C@H]1O[C@H](OC2(CCl)O[C@H](CCl)[C@@H](O)[C@@H]2O)[C@H](O)[C@@H](O)[C@H]1Cl. The van der Waals surface area contributed by atoms with Crippen molar-refractivity contribution in [1.82, 2.24) is 0 Å². The lowest BCUT2D eigenvalue weighted by atomic mass is 10.0. The number of rotatable bonds is 18. The predicted octanol–water partition coefficient (Wildman–Crippen LogP) is 3.60. The van der Waals surface area contributed by atoms with E-state index in [0.717, 1.165) is 19.3 Å². The number of carbonyl (C=O) groups excluding carboxylic acids is 1. The lowest BCUT2D eigenvalue weighted by Gasteiger charge is -2.43. The summed E-state index contributed by atoms with van der Waals surface area (Å²) in [5.74, 6) is -2.92. The summed E-state index contributed by atoms with van der Waals surface area (Å²) in [5.41, 5.74) is 0. The van der Waals surface area contributed by atoms with Gasteiger partial charge in [-0.05, 0) is 6.42 Å². The molecule has 4 N–H and O–H groups in total. The largest absolute Gasteiger partial charge is 0.463 e. The zero-order valence-electron chi connectivity index (χ0n) is 22.2. The van der Waals surface area contributed by atoms with Gasteiger partial charge in [-0.3, -0.25) is 4.79 Å². The van der Waals surface area contributed by atoms with E-state index in [4.69, 9.17) is 53.8 Å². The molecule has 0 radical (unpaired) electrons. The lowest BCUT2D eigenvalue weighted by molar-refractivity contribution is -0.357. The summed E-state index contributed by atoms with van der Waals surface area (Å²) >= 11 is 18.0. The molecule has 2 aliphatic rings. The first-order chi connectivity index (χ1) is 18.2. The van der Waals surface area contributed by atoms with E-state index in [2.05, 4.69) is 6.92 Å². The summed E-state index contributed by atoms with van der Waals surface area (Å²) in [6, 6.07) is 0. The van der Waals surface area contributed by atoms with Crippen molar-refractivity contribution in [1.29, 1.82) is 0 Å². The number of hydrogen-bond donors (Lipinski definition) is 4. The van der Waals surface area contributed by atoms with Gasteiger partial charge in [-0.25, -0.2) is 0 Å². The highest BCUT2D eigenvalue weighted by molar-refractivity contribution is 6.21. The second kappa shape index (κ2) is 17.8. The zero-order valence-corrected chi connectivity index (χ0v) is 24.5. The number of ether oxygens (including phenoxy) is 4. The first-order valence-corrected chi connectivity index (χ1v) is 15.4. The molecule has 0 aromatic heterocycles. The van der Waals surface area contributed by atoms with Crippen LogP contribution in [0.1, 0.15) is 84.0 Å². The molecule has 2 rings (SSSR count). The highest BCUT2D eigenvalue weighted by atomic mass is 35.5. The number of aliphatic hydroxyl groups is 4. The minimum absolute atomic E-state index is 0.140. The molecule has 2 saturated heterocycles. The Kier molecular flexibility index (Phi) is 16.0. The maximum atomic E-state index is 12.2. The number of alkyl halides is 3. The summed E-state index contributed by atoms with van der Waals surface area (Å²) in [7, 11) is 0. The number of esters is 1.